The van der Waals surface area contributed by atoms with E-state index in [1.54, 1.807) is 6.07 Å². The third kappa shape index (κ3) is 3.71. The van der Waals surface area contributed by atoms with Crippen molar-refractivity contribution in [1.82, 2.24) is 5.32 Å². The summed E-state index contributed by atoms with van der Waals surface area (Å²) in [6, 6.07) is 4.35. The van der Waals surface area contributed by atoms with Crippen LogP contribution in [0.2, 0.25) is 0 Å². The number of ether oxygens (including phenoxy) is 1. The Morgan fingerprint density at radius 1 is 1.61 bits per heavy atom. The molecular weight excluding hydrogens is 245 g/mol. The largest absolute Gasteiger partial charge is 0.477 e. The molecule has 1 aromatic carbocycles. The third-order valence-corrected chi connectivity index (χ3v) is 1.84. The molecular formula is C10H8FN3O4. The number of nitro benzene ring substituents is 1. The highest BCUT2D eigenvalue weighted by Gasteiger charge is 2.16. The number of hydrogen-bond donors (Lipinski definition) is 1. The molecule has 0 atom stereocenters. The Hall–Kier alpha value is -2.69. The van der Waals surface area contributed by atoms with Gasteiger partial charge in [0.25, 0.3) is 5.91 Å². The number of nitriles is 1. The highest BCUT2D eigenvalue weighted by atomic mass is 19.1. The summed E-state index contributed by atoms with van der Waals surface area (Å²) in [6.45, 7) is -0.737. The molecule has 7 nitrogen and oxygen atoms in total. The fourth-order valence-electron chi connectivity index (χ4n) is 1.09. The lowest BCUT2D eigenvalue weighted by Crippen LogP contribution is -2.29. The van der Waals surface area contributed by atoms with Gasteiger partial charge in [-0.2, -0.15) is 5.26 Å². The molecule has 94 valence electrons. The number of amides is 1. The molecule has 0 spiro atoms. The predicted molar refractivity (Wildman–Crippen MR) is 57.2 cm³/mol. The molecule has 1 N–H and O–H groups in total. The van der Waals surface area contributed by atoms with E-state index in [9.17, 15) is 19.3 Å². The van der Waals surface area contributed by atoms with Crippen LogP contribution in [0.25, 0.3) is 0 Å². The summed E-state index contributed by atoms with van der Waals surface area (Å²) in [4.78, 5) is 21.0. The second kappa shape index (κ2) is 6.15. The van der Waals surface area contributed by atoms with Gasteiger partial charge in [-0.05, 0) is 6.07 Å². The number of carbonyl (C=O) groups excluding carboxylic acids is 1. The summed E-state index contributed by atoms with van der Waals surface area (Å²) in [5.74, 6) is -1.68. The Morgan fingerprint density at radius 3 is 2.94 bits per heavy atom. The zero-order valence-corrected chi connectivity index (χ0v) is 9.05. The van der Waals surface area contributed by atoms with Gasteiger partial charge in [-0.1, -0.05) is 0 Å². The zero-order valence-electron chi connectivity index (χ0n) is 9.05. The number of carbonyl (C=O) groups is 1. The van der Waals surface area contributed by atoms with Crippen LogP contribution in [0.15, 0.2) is 18.2 Å². The average molecular weight is 253 g/mol. The predicted octanol–water partition coefficient (Wildman–Crippen LogP) is 0.752. The van der Waals surface area contributed by atoms with Gasteiger partial charge in [0.15, 0.2) is 6.61 Å². The van der Waals surface area contributed by atoms with E-state index in [2.05, 4.69) is 5.32 Å². The van der Waals surface area contributed by atoms with Gasteiger partial charge in [0.2, 0.25) is 5.75 Å². The van der Waals surface area contributed by atoms with E-state index < -0.39 is 28.9 Å². The summed E-state index contributed by atoms with van der Waals surface area (Å²) < 4.78 is 17.7. The van der Waals surface area contributed by atoms with E-state index >= 15 is 0 Å². The molecule has 0 unspecified atom stereocenters. The molecule has 0 saturated carbocycles. The van der Waals surface area contributed by atoms with Gasteiger partial charge >= 0.3 is 5.69 Å². The minimum Gasteiger partial charge on any atom is -0.477 e. The normalized spacial score (nSPS) is 9.33. The number of nitrogens with zero attached hydrogens (tertiary/aromatic N) is 2. The fraction of sp³-hybridized carbons (Fsp3) is 0.200. The number of hydrogen-bond acceptors (Lipinski definition) is 5. The molecule has 0 aliphatic heterocycles. The van der Waals surface area contributed by atoms with Crippen LogP contribution in [-0.4, -0.2) is 24.0 Å². The van der Waals surface area contributed by atoms with Gasteiger partial charge < -0.3 is 10.1 Å². The van der Waals surface area contributed by atoms with Crippen molar-refractivity contribution in [2.75, 3.05) is 13.2 Å². The topological polar surface area (TPSA) is 105 Å². The van der Waals surface area contributed by atoms with E-state index in [-0.39, 0.29) is 12.3 Å². The molecule has 1 aromatic rings. The first-order valence-electron chi connectivity index (χ1n) is 4.75. The van der Waals surface area contributed by atoms with Crippen molar-refractivity contribution in [2.24, 2.45) is 0 Å². The van der Waals surface area contributed by atoms with Crippen molar-refractivity contribution in [2.45, 2.75) is 0 Å². The second-order valence-electron chi connectivity index (χ2n) is 3.09. The Bertz CT molecular complexity index is 512. The lowest BCUT2D eigenvalue weighted by Gasteiger charge is -2.06. The molecule has 0 saturated heterocycles. The maximum absolute atomic E-state index is 12.9. The highest BCUT2D eigenvalue weighted by molar-refractivity contribution is 5.77. The molecule has 1 amide bonds. The van der Waals surface area contributed by atoms with Gasteiger partial charge in [-0.3, -0.25) is 14.9 Å². The van der Waals surface area contributed by atoms with Crippen LogP contribution in [0, 0.1) is 27.3 Å². The Kier molecular flexibility index (Phi) is 4.57. The van der Waals surface area contributed by atoms with Crippen LogP contribution >= 0.6 is 0 Å². The Labute approximate surface area is 101 Å². The molecule has 18 heavy (non-hydrogen) atoms. The van der Waals surface area contributed by atoms with E-state index in [1.165, 1.54) is 0 Å². The average Bonchev–Trinajstić information content (AvgIpc) is 2.33. The number of halogens is 1. The molecule has 0 aromatic heterocycles. The van der Waals surface area contributed by atoms with E-state index in [0.29, 0.717) is 0 Å². The molecule has 0 bridgehead atoms. The summed E-state index contributed by atoms with van der Waals surface area (Å²) in [7, 11) is 0. The molecule has 0 fully saturated rings. The number of nitrogens with one attached hydrogen (secondary N) is 1. The van der Waals surface area contributed by atoms with Crippen LogP contribution in [-0.2, 0) is 4.79 Å². The van der Waals surface area contributed by atoms with Crippen molar-refractivity contribution < 1.29 is 18.8 Å². The summed E-state index contributed by atoms with van der Waals surface area (Å²) >= 11 is 0. The number of rotatable bonds is 5. The molecule has 0 heterocycles. The van der Waals surface area contributed by atoms with E-state index in [1.807, 2.05) is 0 Å². The van der Waals surface area contributed by atoms with Crippen molar-refractivity contribution >= 4 is 11.6 Å². The van der Waals surface area contributed by atoms with Crippen LogP contribution in [0.3, 0.4) is 0 Å². The van der Waals surface area contributed by atoms with Gasteiger partial charge in [-0.25, -0.2) is 4.39 Å². The van der Waals surface area contributed by atoms with Gasteiger partial charge in [0, 0.05) is 12.1 Å². The quantitative estimate of drug-likeness (QED) is 0.473. The molecule has 0 radical (unpaired) electrons. The van der Waals surface area contributed by atoms with Crippen LogP contribution in [0.1, 0.15) is 0 Å². The van der Waals surface area contributed by atoms with Crippen molar-refractivity contribution in [3.8, 4) is 11.8 Å². The van der Waals surface area contributed by atoms with Crippen molar-refractivity contribution in [1.29, 1.82) is 5.26 Å². The minimum atomic E-state index is -0.748. The molecule has 0 aliphatic rings. The van der Waals surface area contributed by atoms with Gasteiger partial charge in [0.1, 0.15) is 12.4 Å². The maximum atomic E-state index is 12.9. The first kappa shape index (κ1) is 13.4. The van der Waals surface area contributed by atoms with Crippen molar-refractivity contribution in [3.05, 3.63) is 34.1 Å². The number of benzene rings is 1. The summed E-state index contributed by atoms with van der Waals surface area (Å²) in [5.41, 5.74) is -0.440. The summed E-state index contributed by atoms with van der Waals surface area (Å²) in [6.07, 6.45) is 0. The first-order chi connectivity index (χ1) is 8.54. The molecule has 8 heteroatoms. The smallest absolute Gasteiger partial charge is 0.311 e. The highest BCUT2D eigenvalue weighted by Crippen LogP contribution is 2.27. The SMILES string of the molecule is N#CCNC(=O)COc1cc(F)ccc1[N+](=O)[O-]. The van der Waals surface area contributed by atoms with E-state index in [0.717, 1.165) is 18.2 Å². The van der Waals surface area contributed by atoms with Crippen LogP contribution in [0.4, 0.5) is 10.1 Å². The van der Waals surface area contributed by atoms with Gasteiger partial charge in [-0.15, -0.1) is 0 Å². The third-order valence-electron chi connectivity index (χ3n) is 1.84. The lowest BCUT2D eigenvalue weighted by molar-refractivity contribution is -0.385. The fourth-order valence-corrected chi connectivity index (χ4v) is 1.09. The van der Waals surface area contributed by atoms with Gasteiger partial charge in [0.05, 0.1) is 11.0 Å². The molecule has 1 rings (SSSR count). The second-order valence-corrected chi connectivity index (χ2v) is 3.09. The lowest BCUT2D eigenvalue weighted by atomic mass is 10.3. The summed E-state index contributed by atoms with van der Waals surface area (Å²) in [5, 5.41) is 21.0. The van der Waals surface area contributed by atoms with Crippen LogP contribution in [0.5, 0.6) is 5.75 Å². The Morgan fingerprint density at radius 2 is 2.33 bits per heavy atom. The van der Waals surface area contributed by atoms with Crippen LogP contribution < -0.4 is 10.1 Å². The standard InChI is InChI=1S/C10H8FN3O4/c11-7-1-2-8(14(16)17)9(5-7)18-6-10(15)13-4-3-12/h1-2,5H,4,6H2,(H,13,15). The van der Waals surface area contributed by atoms with Crippen molar-refractivity contribution in [3.63, 3.8) is 0 Å². The maximum Gasteiger partial charge on any atom is 0.311 e. The first-order valence-corrected chi connectivity index (χ1v) is 4.75. The molecule has 0 aliphatic carbocycles. The zero-order chi connectivity index (χ0) is 13.5. The van der Waals surface area contributed by atoms with E-state index in [4.69, 9.17) is 10.00 Å². The monoisotopic (exact) mass is 253 g/mol. The number of nitro groups is 1. The minimum absolute atomic E-state index is 0.201. The Balaban J connectivity index is 2.72.